The second-order valence-corrected chi connectivity index (χ2v) is 16.5. The number of nitrogens with zero attached hydrogens (tertiary/aromatic N) is 2. The Morgan fingerprint density at radius 2 is 1.58 bits per heavy atom. The Labute approximate surface area is 313 Å². The summed E-state index contributed by atoms with van der Waals surface area (Å²) in [6, 6.07) is 9.00. The van der Waals surface area contributed by atoms with Crippen molar-refractivity contribution in [3.05, 3.63) is 75.5 Å². The highest BCUT2D eigenvalue weighted by Crippen LogP contribution is 2.39. The molecule has 52 heavy (non-hydrogen) atoms. The number of hydrogen-bond acceptors (Lipinski definition) is 8. The highest BCUT2D eigenvalue weighted by molar-refractivity contribution is 7.92. The number of ether oxygens (including phenoxy) is 4. The van der Waals surface area contributed by atoms with Crippen LogP contribution in [-0.4, -0.2) is 71.5 Å². The number of pyridine rings is 1. The van der Waals surface area contributed by atoms with Gasteiger partial charge >= 0.3 is 12.6 Å². The Morgan fingerprint density at radius 3 is 2.19 bits per heavy atom. The van der Waals surface area contributed by atoms with Crippen molar-refractivity contribution < 1.29 is 45.9 Å². The van der Waals surface area contributed by atoms with Gasteiger partial charge in [-0.1, -0.05) is 35.7 Å². The molecular formula is C37H44Cl2F2N3O7S+. The lowest BCUT2D eigenvalue weighted by Crippen LogP contribution is -2.40. The van der Waals surface area contributed by atoms with Crippen LogP contribution < -0.4 is 23.5 Å². The van der Waals surface area contributed by atoms with E-state index in [0.29, 0.717) is 58.5 Å². The number of benzene rings is 2. The Kier molecular flexibility index (Phi) is 12.7. The second-order valence-electron chi connectivity index (χ2n) is 13.7. The van der Waals surface area contributed by atoms with Gasteiger partial charge in [0, 0.05) is 25.1 Å². The molecule has 2 heterocycles. The summed E-state index contributed by atoms with van der Waals surface area (Å²) in [5, 5.41) is 0.615. The van der Waals surface area contributed by atoms with Gasteiger partial charge in [0.15, 0.2) is 23.9 Å². The molecule has 2 saturated carbocycles. The van der Waals surface area contributed by atoms with E-state index in [4.69, 9.17) is 42.1 Å². The number of esters is 1. The maximum atomic E-state index is 14.0. The fourth-order valence-electron chi connectivity index (χ4n) is 6.14. The summed E-state index contributed by atoms with van der Waals surface area (Å²) in [5.74, 6) is 0.177. The molecule has 3 aromatic rings. The Morgan fingerprint density at radius 1 is 0.923 bits per heavy atom. The maximum absolute atomic E-state index is 14.0. The van der Waals surface area contributed by atoms with Gasteiger partial charge in [0.05, 0.1) is 30.7 Å². The van der Waals surface area contributed by atoms with Gasteiger partial charge in [0.1, 0.15) is 21.9 Å². The van der Waals surface area contributed by atoms with Gasteiger partial charge in [0.2, 0.25) is 10.0 Å². The van der Waals surface area contributed by atoms with E-state index in [-0.39, 0.29) is 35.8 Å². The fraction of sp³-hybridized carbons (Fsp3) is 0.514. The van der Waals surface area contributed by atoms with Crippen molar-refractivity contribution >= 4 is 44.9 Å². The number of hydrogen-bond donors (Lipinski definition) is 0. The molecule has 1 aliphatic heterocycles. The van der Waals surface area contributed by atoms with Crippen LogP contribution in [0.5, 0.6) is 17.2 Å². The van der Waals surface area contributed by atoms with Crippen molar-refractivity contribution in [3.8, 4) is 17.2 Å². The van der Waals surface area contributed by atoms with Crippen LogP contribution >= 0.6 is 23.2 Å². The third kappa shape index (κ3) is 10.6. The number of anilines is 1. The Balaban J connectivity index is 1.30. The molecule has 282 valence electrons. The number of carbonyl (C=O) groups is 1. The zero-order valence-corrected chi connectivity index (χ0v) is 31.3. The lowest BCUT2D eigenvalue weighted by molar-refractivity contribution is -0.377. The molecule has 3 fully saturated rings. The van der Waals surface area contributed by atoms with E-state index in [0.717, 1.165) is 51.6 Å². The van der Waals surface area contributed by atoms with E-state index in [1.807, 2.05) is 0 Å². The minimum absolute atomic E-state index is 0.0384. The van der Waals surface area contributed by atoms with Gasteiger partial charge in [-0.25, -0.2) is 18.2 Å². The average Bonchev–Trinajstić information content (AvgIpc) is 4.04. The molecule has 0 unspecified atom stereocenters. The van der Waals surface area contributed by atoms with Gasteiger partial charge in [-0.05, 0) is 99.3 Å². The monoisotopic (exact) mass is 782 g/mol. The summed E-state index contributed by atoms with van der Waals surface area (Å²) >= 11 is 13.0. The maximum Gasteiger partial charge on any atom is 0.387 e. The Bertz CT molecular complexity index is 1800. The molecule has 2 aromatic carbocycles. The number of aromatic nitrogens is 1. The molecule has 1 N–H and O–H groups in total. The van der Waals surface area contributed by atoms with Crippen LogP contribution in [0.25, 0.3) is 0 Å². The van der Waals surface area contributed by atoms with Crippen LogP contribution in [0.4, 0.5) is 14.5 Å². The molecule has 1 saturated heterocycles. The number of nitrogens with one attached hydrogen (secondary N) is 1. The first-order valence-corrected chi connectivity index (χ1v) is 20.3. The summed E-state index contributed by atoms with van der Waals surface area (Å²) in [6.45, 7) is 0.288. The van der Waals surface area contributed by atoms with E-state index in [1.165, 1.54) is 47.3 Å². The third-order valence-electron chi connectivity index (χ3n) is 9.47. The zero-order chi connectivity index (χ0) is 36.8. The van der Waals surface area contributed by atoms with Crippen molar-refractivity contribution in [3.63, 3.8) is 0 Å². The third-order valence-corrected chi connectivity index (χ3v) is 11.3. The smallest absolute Gasteiger partial charge is 0.387 e. The first-order chi connectivity index (χ1) is 24.9. The molecule has 0 spiro atoms. The number of H-pyrrole nitrogens is 1. The van der Waals surface area contributed by atoms with Crippen molar-refractivity contribution in [2.75, 3.05) is 50.0 Å². The number of alkyl halides is 2. The van der Waals surface area contributed by atoms with Gasteiger partial charge in [-0.15, -0.1) is 0 Å². The van der Waals surface area contributed by atoms with Crippen LogP contribution in [0.2, 0.25) is 10.0 Å². The molecule has 10 nitrogen and oxygen atoms in total. The second kappa shape index (κ2) is 17.2. The molecule has 0 radical (unpaired) electrons. The molecular weight excluding hydrogens is 739 g/mol. The van der Waals surface area contributed by atoms with Crippen molar-refractivity contribution in [1.82, 2.24) is 4.90 Å². The van der Waals surface area contributed by atoms with Crippen molar-refractivity contribution in [1.29, 1.82) is 0 Å². The van der Waals surface area contributed by atoms with Gasteiger partial charge in [-0.2, -0.15) is 8.78 Å². The first kappa shape index (κ1) is 38.3. The molecule has 3 aliphatic rings. The standard InChI is InChI=1S/C37H43Cl2F2N3O7S/c1-52(46,47)44(16-15-43-13-3-2-4-14-43)31-11-9-27(18-34(31)48-22-24-5-6-24)36(45)50-33(19-28-29(38)20-42-21-30(28)39)26-10-12-32(51-37(40)41)35(17-26)49-23-25-7-8-25/h9-12,17-18,20-21,24-25,33,37H,2-8,13-16,19,22-23H2,1H3/p+1/t33-/m0/s1. The van der Waals surface area contributed by atoms with Gasteiger partial charge in [-0.3, -0.25) is 4.31 Å². The minimum atomic E-state index is -3.70. The zero-order valence-electron chi connectivity index (χ0n) is 29.0. The van der Waals surface area contributed by atoms with Crippen LogP contribution in [0.3, 0.4) is 0 Å². The largest absolute Gasteiger partial charge is 0.491 e. The summed E-state index contributed by atoms with van der Waals surface area (Å²) in [5.41, 5.74) is 1.41. The van der Waals surface area contributed by atoms with E-state index >= 15 is 0 Å². The quantitative estimate of drug-likeness (QED) is 0.123. The molecule has 0 amide bonds. The predicted octanol–water partition coefficient (Wildman–Crippen LogP) is 7.38. The summed E-state index contributed by atoms with van der Waals surface area (Å²) < 4.78 is 77.1. The molecule has 0 bridgehead atoms. The number of sulfonamides is 1. The van der Waals surface area contributed by atoms with E-state index < -0.39 is 28.7 Å². The van der Waals surface area contributed by atoms with Crippen LogP contribution in [-0.2, 0) is 21.2 Å². The SMILES string of the molecule is CS(=O)(=O)N(CCN1CCCCC1)c1ccc(C(=O)O[C@@H](Cc2c(Cl)c[nH+]cc2Cl)c2ccc(OC(F)F)c(OCC3CC3)c2)cc1OCC1CC1. The number of likely N-dealkylation sites (tertiary alicyclic amines) is 1. The van der Waals surface area contributed by atoms with E-state index in [9.17, 15) is 22.0 Å². The number of aromatic amines is 1. The van der Waals surface area contributed by atoms with Gasteiger partial charge < -0.3 is 23.8 Å². The summed E-state index contributed by atoms with van der Waals surface area (Å²) in [4.78, 5) is 19.1. The van der Waals surface area contributed by atoms with E-state index in [2.05, 4.69) is 9.88 Å². The highest BCUT2D eigenvalue weighted by atomic mass is 35.5. The van der Waals surface area contributed by atoms with Crippen molar-refractivity contribution in [2.24, 2.45) is 11.8 Å². The van der Waals surface area contributed by atoms with Crippen LogP contribution in [0, 0.1) is 11.8 Å². The molecule has 6 rings (SSSR count). The summed E-state index contributed by atoms with van der Waals surface area (Å²) in [6.07, 6.45) is 10.6. The number of halogens is 4. The summed E-state index contributed by atoms with van der Waals surface area (Å²) in [7, 11) is -3.70. The lowest BCUT2D eigenvalue weighted by atomic mass is 10.0. The van der Waals surface area contributed by atoms with Crippen LogP contribution in [0.15, 0.2) is 48.8 Å². The topological polar surface area (TPSA) is 109 Å². The van der Waals surface area contributed by atoms with E-state index in [1.54, 1.807) is 18.5 Å². The number of rotatable bonds is 18. The average molecular weight is 784 g/mol. The molecule has 2 aliphatic carbocycles. The van der Waals surface area contributed by atoms with Gasteiger partial charge in [0.25, 0.3) is 0 Å². The van der Waals surface area contributed by atoms with Crippen LogP contribution in [0.1, 0.15) is 72.5 Å². The Hall–Kier alpha value is -3.39. The number of piperidine rings is 1. The molecule has 1 aromatic heterocycles. The highest BCUT2D eigenvalue weighted by Gasteiger charge is 2.29. The first-order valence-electron chi connectivity index (χ1n) is 17.7. The number of carbonyl (C=O) groups excluding carboxylic acids is 1. The molecule has 15 heteroatoms. The molecule has 1 atom stereocenters. The minimum Gasteiger partial charge on any atom is -0.491 e. The lowest BCUT2D eigenvalue weighted by Gasteiger charge is -2.30. The normalized spacial score (nSPS) is 17.1. The predicted molar refractivity (Wildman–Crippen MR) is 193 cm³/mol. The van der Waals surface area contributed by atoms with Crippen molar-refractivity contribution in [2.45, 2.75) is 64.1 Å². The fourth-order valence-corrected chi connectivity index (χ4v) is 7.59.